The molecule has 5 aliphatic rings. The second kappa shape index (κ2) is 6.35. The van der Waals surface area contributed by atoms with Gasteiger partial charge in [0.1, 0.15) is 11.5 Å². The lowest BCUT2D eigenvalue weighted by Gasteiger charge is -2.55. The summed E-state index contributed by atoms with van der Waals surface area (Å²) in [5.41, 5.74) is 2.72. The van der Waals surface area contributed by atoms with Gasteiger partial charge in [-0.3, -0.25) is 9.79 Å². The van der Waals surface area contributed by atoms with Crippen molar-refractivity contribution in [2.75, 3.05) is 6.61 Å². The first-order chi connectivity index (χ1) is 15.9. The number of carbonyl (C=O) groups is 2. The van der Waals surface area contributed by atoms with Crippen LogP contribution in [0, 0.1) is 22.7 Å². The van der Waals surface area contributed by atoms with Crippen molar-refractivity contribution in [1.29, 1.82) is 0 Å². The average molecular weight is 447 g/mol. The maximum absolute atomic E-state index is 13.6. The van der Waals surface area contributed by atoms with E-state index in [1.54, 1.807) is 0 Å². The molecule has 1 aromatic heterocycles. The molecule has 2 aliphatic carbocycles. The van der Waals surface area contributed by atoms with E-state index in [1.165, 1.54) is 0 Å². The number of hydrogen-bond acceptors (Lipinski definition) is 6. The van der Waals surface area contributed by atoms with Gasteiger partial charge in [-0.2, -0.15) is 0 Å². The molecular weight excluding hydrogens is 420 g/mol. The fourth-order valence-electron chi connectivity index (χ4n) is 7.20. The van der Waals surface area contributed by atoms with Crippen LogP contribution in [0.4, 0.5) is 0 Å². The van der Waals surface area contributed by atoms with Crippen LogP contribution in [-0.4, -0.2) is 47.7 Å². The number of nitrogens with zero attached hydrogens (tertiary/aromatic N) is 1. The number of hydrogen-bond donors (Lipinski definition) is 1. The van der Waals surface area contributed by atoms with Gasteiger partial charge in [0, 0.05) is 23.5 Å². The summed E-state index contributed by atoms with van der Waals surface area (Å²) in [4.78, 5) is 35.0. The Morgan fingerprint density at radius 1 is 1.18 bits per heavy atom. The number of aromatic amines is 1. The molecule has 7 heteroatoms. The van der Waals surface area contributed by atoms with Crippen molar-refractivity contribution >= 4 is 28.6 Å². The summed E-state index contributed by atoms with van der Waals surface area (Å²) in [5.74, 6) is -0.751. The smallest absolute Gasteiger partial charge is 0.331 e. The topological polar surface area (TPSA) is 90.0 Å². The van der Waals surface area contributed by atoms with E-state index in [9.17, 15) is 9.59 Å². The summed E-state index contributed by atoms with van der Waals surface area (Å²) < 4.78 is 17.7. The molecule has 1 aromatic carbocycles. The van der Waals surface area contributed by atoms with E-state index >= 15 is 0 Å². The fourth-order valence-corrected chi connectivity index (χ4v) is 7.20. The van der Waals surface area contributed by atoms with Gasteiger partial charge in [0.05, 0.1) is 18.2 Å². The minimum Gasteiger partial charge on any atom is -0.455 e. The summed E-state index contributed by atoms with van der Waals surface area (Å²) in [6, 6.07) is 7.33. The van der Waals surface area contributed by atoms with Gasteiger partial charge in [-0.15, -0.1) is 0 Å². The maximum Gasteiger partial charge on any atom is 0.331 e. The van der Waals surface area contributed by atoms with Crippen LogP contribution in [0.2, 0.25) is 0 Å². The van der Waals surface area contributed by atoms with Gasteiger partial charge in [0.25, 0.3) is 0 Å². The van der Waals surface area contributed by atoms with Gasteiger partial charge in [-0.25, -0.2) is 4.79 Å². The molecule has 0 bridgehead atoms. The predicted molar refractivity (Wildman–Crippen MR) is 119 cm³/mol. The number of fused-ring (bicyclic) bond motifs is 2. The summed E-state index contributed by atoms with van der Waals surface area (Å²) in [5, 5.41) is 1.07. The number of ether oxygens (including phenoxy) is 3. The second-order valence-corrected chi connectivity index (χ2v) is 10.7. The fraction of sp³-hybridized carbons (Fsp3) is 0.500. The molecule has 1 saturated carbocycles. The van der Waals surface area contributed by atoms with Crippen molar-refractivity contribution < 1.29 is 23.8 Å². The summed E-state index contributed by atoms with van der Waals surface area (Å²) in [6.07, 6.45) is 4.93. The van der Waals surface area contributed by atoms with E-state index in [1.807, 2.05) is 30.5 Å². The lowest BCUT2D eigenvalue weighted by molar-refractivity contribution is -0.166. The molecule has 3 aliphatic heterocycles. The van der Waals surface area contributed by atoms with Crippen LogP contribution in [0.1, 0.15) is 32.3 Å². The van der Waals surface area contributed by atoms with E-state index in [2.05, 4.69) is 24.9 Å². The van der Waals surface area contributed by atoms with Crippen LogP contribution >= 0.6 is 0 Å². The van der Waals surface area contributed by atoms with Crippen LogP contribution < -0.4 is 0 Å². The molecule has 4 heterocycles. The highest BCUT2D eigenvalue weighted by Gasteiger charge is 2.74. The Morgan fingerprint density at radius 2 is 2.03 bits per heavy atom. The Balaban J connectivity index is 1.37. The molecule has 0 amide bonds. The van der Waals surface area contributed by atoms with Gasteiger partial charge in [0.2, 0.25) is 6.29 Å². The van der Waals surface area contributed by atoms with Gasteiger partial charge >= 0.3 is 11.9 Å². The summed E-state index contributed by atoms with van der Waals surface area (Å²) in [6.45, 7) is 4.81. The first-order valence-corrected chi connectivity index (χ1v) is 11.7. The molecule has 6 atom stereocenters. The Morgan fingerprint density at radius 3 is 2.91 bits per heavy atom. The Labute approximate surface area is 191 Å². The molecule has 0 radical (unpaired) electrons. The van der Waals surface area contributed by atoms with Crippen LogP contribution in [0.5, 0.6) is 0 Å². The standard InChI is InChI=1S/C26H26N2O5/c1-25(2)10-18-21(26-19(25)8-7-13-12-31-23(20(13)26)33-24(26)30)28-17(22(29)32-18)9-14-11-27-16-6-4-3-5-15(14)16/h3-7,11,17-20,23,27H,8-10,12H2,1-2H3/t17-,18-,19-,20+,23+,26+/m0/s1. The highest BCUT2D eigenvalue weighted by Crippen LogP contribution is 2.65. The maximum atomic E-state index is 13.6. The zero-order valence-electron chi connectivity index (χ0n) is 18.7. The van der Waals surface area contributed by atoms with E-state index in [-0.39, 0.29) is 29.2 Å². The Kier molecular flexibility index (Phi) is 3.76. The van der Waals surface area contributed by atoms with Crippen molar-refractivity contribution in [3.8, 4) is 0 Å². The Hall–Kier alpha value is -2.93. The van der Waals surface area contributed by atoms with Crippen LogP contribution in [0.3, 0.4) is 0 Å². The van der Waals surface area contributed by atoms with Gasteiger partial charge in [0.15, 0.2) is 6.04 Å². The largest absolute Gasteiger partial charge is 0.455 e. The van der Waals surface area contributed by atoms with E-state index < -0.39 is 23.9 Å². The number of aromatic nitrogens is 1. The number of allylic oxidation sites excluding steroid dienone is 1. The zero-order chi connectivity index (χ0) is 22.5. The van der Waals surface area contributed by atoms with Crippen molar-refractivity contribution in [2.24, 2.45) is 27.7 Å². The van der Waals surface area contributed by atoms with E-state index in [4.69, 9.17) is 19.2 Å². The Bertz CT molecular complexity index is 1270. The molecule has 33 heavy (non-hydrogen) atoms. The lowest BCUT2D eigenvalue weighted by Crippen LogP contribution is -2.64. The zero-order valence-corrected chi connectivity index (χ0v) is 18.7. The van der Waals surface area contributed by atoms with Crippen molar-refractivity contribution in [1.82, 2.24) is 4.98 Å². The number of H-pyrrole nitrogens is 1. The molecule has 2 saturated heterocycles. The molecule has 1 spiro atoms. The normalized spacial score (nSPS) is 38.1. The number of rotatable bonds is 2. The molecule has 7 nitrogen and oxygen atoms in total. The van der Waals surface area contributed by atoms with Crippen LogP contribution in [-0.2, 0) is 30.2 Å². The molecule has 7 rings (SSSR count). The van der Waals surface area contributed by atoms with Crippen molar-refractivity contribution in [2.45, 2.75) is 51.5 Å². The number of aliphatic imine (C=N–C) groups is 1. The molecule has 3 fully saturated rings. The molecule has 1 N–H and O–H groups in total. The second-order valence-electron chi connectivity index (χ2n) is 10.7. The van der Waals surface area contributed by atoms with Gasteiger partial charge in [-0.1, -0.05) is 38.1 Å². The number of carbonyl (C=O) groups excluding carboxylic acids is 2. The third-order valence-corrected chi connectivity index (χ3v) is 8.60. The summed E-state index contributed by atoms with van der Waals surface area (Å²) in [7, 11) is 0. The number of nitrogens with one attached hydrogen (secondary N) is 1. The van der Waals surface area contributed by atoms with E-state index in [0.717, 1.165) is 28.5 Å². The number of benzene rings is 1. The van der Waals surface area contributed by atoms with Crippen molar-refractivity contribution in [3.05, 3.63) is 47.7 Å². The predicted octanol–water partition coefficient (Wildman–Crippen LogP) is 3.34. The molecule has 2 aromatic rings. The molecule has 0 unspecified atom stereocenters. The number of para-hydroxylation sites is 1. The monoisotopic (exact) mass is 446 g/mol. The van der Waals surface area contributed by atoms with Crippen molar-refractivity contribution in [3.63, 3.8) is 0 Å². The lowest BCUT2D eigenvalue weighted by atomic mass is 9.47. The van der Waals surface area contributed by atoms with Gasteiger partial charge in [-0.05, 0) is 41.4 Å². The highest BCUT2D eigenvalue weighted by molar-refractivity contribution is 6.14. The highest BCUT2D eigenvalue weighted by atomic mass is 16.7. The third-order valence-electron chi connectivity index (χ3n) is 8.60. The number of esters is 2. The first-order valence-electron chi connectivity index (χ1n) is 11.7. The summed E-state index contributed by atoms with van der Waals surface area (Å²) >= 11 is 0. The SMILES string of the molecule is CC1(C)C[C@@H]2OC(=O)[C@H](Cc3c[nH]c4ccccc34)N=C2[C@@]23C(=O)O[C@H]4OCC(=CC[C@@H]12)[C@H]43. The average Bonchev–Trinajstić information content (AvgIpc) is 3.46. The minimum absolute atomic E-state index is 0.0264. The van der Waals surface area contributed by atoms with Crippen LogP contribution in [0.25, 0.3) is 10.9 Å². The minimum atomic E-state index is -0.920. The quantitative estimate of drug-likeness (QED) is 0.565. The third kappa shape index (κ3) is 2.41. The molecular formula is C26H26N2O5. The van der Waals surface area contributed by atoms with Gasteiger partial charge < -0.3 is 19.2 Å². The molecule has 170 valence electrons. The van der Waals surface area contributed by atoms with E-state index in [0.29, 0.717) is 25.2 Å². The first kappa shape index (κ1) is 19.5. The van der Waals surface area contributed by atoms with Crippen LogP contribution in [0.15, 0.2) is 47.1 Å².